The molecular weight excluding hydrogens is 537 g/mol. The van der Waals surface area contributed by atoms with Crippen LogP contribution in [-0.4, -0.2) is 103 Å². The van der Waals surface area contributed by atoms with E-state index in [0.29, 0.717) is 29.5 Å². The number of rotatable bonds is 13. The Balaban J connectivity index is 1.39. The smallest absolute Gasteiger partial charge is 0.233 e. The van der Waals surface area contributed by atoms with E-state index in [1.165, 1.54) is 32.0 Å². The fraction of sp³-hybridized carbons (Fsp3) is 0.719. The van der Waals surface area contributed by atoms with Gasteiger partial charge < -0.3 is 15.1 Å². The number of ketones is 1. The van der Waals surface area contributed by atoms with E-state index in [2.05, 4.69) is 15.1 Å². The van der Waals surface area contributed by atoms with Crippen molar-refractivity contribution >= 4 is 23.8 Å². The highest BCUT2D eigenvalue weighted by Gasteiger charge is 2.36. The Kier molecular flexibility index (Phi) is 11.4. The molecule has 234 valence electrons. The minimum Gasteiger partial charge on any atom is -0.367 e. The Morgan fingerprint density at radius 1 is 1.02 bits per heavy atom. The van der Waals surface area contributed by atoms with Crippen molar-refractivity contribution in [2.75, 3.05) is 63.8 Å². The van der Waals surface area contributed by atoms with Crippen LogP contribution >= 0.6 is 0 Å². The lowest BCUT2D eigenvalue weighted by atomic mass is 9.81. The molecule has 0 aromatic heterocycles. The molecule has 0 unspecified atom stereocenters. The lowest BCUT2D eigenvalue weighted by Crippen LogP contribution is -2.52. The number of anilines is 1. The molecule has 0 bridgehead atoms. The van der Waals surface area contributed by atoms with Crippen LogP contribution < -0.4 is 10.2 Å². The monoisotopic (exact) mass is 587 g/mol. The number of hydroxylamine groups is 2. The minimum atomic E-state index is -0.899. The second-order valence-corrected chi connectivity index (χ2v) is 13.5. The minimum absolute atomic E-state index is 0.133. The zero-order valence-electron chi connectivity index (χ0n) is 25.7. The second-order valence-electron chi connectivity index (χ2n) is 13.5. The number of nitrogens with zero attached hydrogens (tertiary/aromatic N) is 4. The van der Waals surface area contributed by atoms with Gasteiger partial charge >= 0.3 is 0 Å². The number of amides is 2. The molecule has 4 rings (SSSR count). The molecular formula is C32H50FN5O4. The number of carbonyl (C=O) groups excluding carboxylic acids is 3. The average molecular weight is 588 g/mol. The van der Waals surface area contributed by atoms with Crippen LogP contribution in [-0.2, 0) is 9.59 Å². The van der Waals surface area contributed by atoms with Gasteiger partial charge in [0.15, 0.2) is 5.78 Å². The number of Topliss-reactive ketones (excluding diaryl/α,β-unsaturated/α-hetero) is 1. The maximum Gasteiger partial charge on any atom is 0.233 e. The summed E-state index contributed by atoms with van der Waals surface area (Å²) in [7, 11) is 0. The van der Waals surface area contributed by atoms with E-state index in [-0.39, 0.29) is 23.8 Å². The molecule has 2 N–H and O–H groups in total. The quantitative estimate of drug-likeness (QED) is 0.157. The molecule has 2 aliphatic heterocycles. The summed E-state index contributed by atoms with van der Waals surface area (Å²) in [5.41, 5.74) is 0.0646. The lowest BCUT2D eigenvalue weighted by molar-refractivity contribution is -0.155. The van der Waals surface area contributed by atoms with Gasteiger partial charge in [0.25, 0.3) is 0 Å². The molecule has 2 atom stereocenters. The Bertz CT molecular complexity index is 1060. The molecule has 0 spiro atoms. The van der Waals surface area contributed by atoms with E-state index in [0.717, 1.165) is 65.0 Å². The lowest BCUT2D eigenvalue weighted by Gasteiger charge is -2.37. The van der Waals surface area contributed by atoms with E-state index < -0.39 is 23.2 Å². The zero-order valence-corrected chi connectivity index (χ0v) is 25.7. The summed E-state index contributed by atoms with van der Waals surface area (Å²) in [5, 5.41) is 13.3. The van der Waals surface area contributed by atoms with Crippen LogP contribution in [0.4, 0.5) is 10.1 Å². The molecule has 10 heteroatoms. The van der Waals surface area contributed by atoms with Crippen molar-refractivity contribution in [3.8, 4) is 0 Å². The van der Waals surface area contributed by atoms with Gasteiger partial charge in [0, 0.05) is 44.8 Å². The summed E-state index contributed by atoms with van der Waals surface area (Å²) < 4.78 is 15.4. The number of carbonyl (C=O) groups is 3. The SMILES string of the molecule is CC(C)(C)[C@H](NC(=O)[C@H](CC1CCCC1)CN(O)C=O)C(=O)c1ccc(N2CCN(CCN3CCCC3)CC2)c(F)c1. The summed E-state index contributed by atoms with van der Waals surface area (Å²) in [6, 6.07) is 3.73. The molecule has 2 amide bonds. The topological polar surface area (TPSA) is 96.4 Å². The molecule has 2 saturated heterocycles. The van der Waals surface area contributed by atoms with E-state index >= 15 is 4.39 Å². The van der Waals surface area contributed by atoms with Crippen LogP contribution in [0.5, 0.6) is 0 Å². The zero-order chi connectivity index (χ0) is 30.3. The first-order valence-electron chi connectivity index (χ1n) is 15.8. The number of likely N-dealkylation sites (tertiary alicyclic amines) is 1. The third-order valence-electron chi connectivity index (χ3n) is 9.28. The van der Waals surface area contributed by atoms with Crippen molar-refractivity contribution in [2.45, 2.75) is 71.8 Å². The van der Waals surface area contributed by atoms with E-state index in [1.807, 2.05) is 25.7 Å². The highest BCUT2D eigenvalue weighted by Crippen LogP contribution is 2.32. The molecule has 1 aromatic rings. The number of halogens is 1. The molecule has 1 aromatic carbocycles. The normalized spacial score (nSPS) is 20.5. The van der Waals surface area contributed by atoms with Crippen LogP contribution in [0.15, 0.2) is 18.2 Å². The fourth-order valence-corrected chi connectivity index (χ4v) is 6.70. The van der Waals surface area contributed by atoms with Gasteiger partial charge in [0.2, 0.25) is 12.3 Å². The Morgan fingerprint density at radius 3 is 2.21 bits per heavy atom. The number of nitrogens with one attached hydrogen (secondary N) is 1. The van der Waals surface area contributed by atoms with Crippen LogP contribution in [0.3, 0.4) is 0 Å². The summed E-state index contributed by atoms with van der Waals surface area (Å²) in [6.07, 6.45) is 7.65. The van der Waals surface area contributed by atoms with Crippen molar-refractivity contribution < 1.29 is 24.0 Å². The Morgan fingerprint density at radius 2 is 1.64 bits per heavy atom. The number of benzene rings is 1. The first kappa shape index (κ1) is 32.4. The molecule has 3 fully saturated rings. The van der Waals surface area contributed by atoms with E-state index in [9.17, 15) is 19.6 Å². The number of piperazine rings is 1. The highest BCUT2D eigenvalue weighted by molar-refractivity contribution is 6.03. The van der Waals surface area contributed by atoms with E-state index in [4.69, 9.17) is 0 Å². The van der Waals surface area contributed by atoms with Crippen molar-refractivity contribution in [2.24, 2.45) is 17.3 Å². The summed E-state index contributed by atoms with van der Waals surface area (Å²) >= 11 is 0. The maximum atomic E-state index is 15.4. The average Bonchev–Trinajstić information content (AvgIpc) is 3.68. The van der Waals surface area contributed by atoms with Gasteiger partial charge in [0.1, 0.15) is 5.82 Å². The molecule has 9 nitrogen and oxygen atoms in total. The van der Waals surface area contributed by atoms with Crippen LogP contribution in [0.1, 0.15) is 76.1 Å². The largest absolute Gasteiger partial charge is 0.367 e. The van der Waals surface area contributed by atoms with Gasteiger partial charge in [-0.15, -0.1) is 0 Å². The van der Waals surface area contributed by atoms with E-state index in [1.54, 1.807) is 12.1 Å². The van der Waals surface area contributed by atoms with Gasteiger partial charge in [-0.05, 0) is 61.9 Å². The maximum absolute atomic E-state index is 15.4. The van der Waals surface area contributed by atoms with Crippen molar-refractivity contribution in [3.63, 3.8) is 0 Å². The molecule has 0 radical (unpaired) electrons. The van der Waals surface area contributed by atoms with Gasteiger partial charge in [-0.25, -0.2) is 9.45 Å². The van der Waals surface area contributed by atoms with Crippen molar-refractivity contribution in [3.05, 3.63) is 29.6 Å². The molecule has 1 aliphatic carbocycles. The standard InChI is InChI=1S/C32H50FN5O4/c1-32(2,3)30(34-31(41)26(22-38(42)23-39)20-24-8-4-5-9-24)29(40)25-10-11-28(27(33)21-25)37-18-16-36(17-19-37)15-14-35-12-6-7-13-35/h10-11,21,23-24,26,30,42H,4-9,12-20,22H2,1-3H3,(H,34,41)/t26-,30-/m1/s1. The van der Waals surface area contributed by atoms with Crippen LogP contribution in [0.25, 0.3) is 0 Å². The molecule has 2 heterocycles. The third-order valence-corrected chi connectivity index (χ3v) is 9.28. The molecule has 42 heavy (non-hydrogen) atoms. The summed E-state index contributed by atoms with van der Waals surface area (Å²) in [6.45, 7) is 13.2. The first-order valence-corrected chi connectivity index (χ1v) is 15.8. The number of hydrogen-bond acceptors (Lipinski definition) is 7. The van der Waals surface area contributed by atoms with Crippen LogP contribution in [0.2, 0.25) is 0 Å². The van der Waals surface area contributed by atoms with Crippen molar-refractivity contribution in [1.29, 1.82) is 0 Å². The second kappa shape index (κ2) is 14.8. The predicted octanol–water partition coefficient (Wildman–Crippen LogP) is 3.80. The fourth-order valence-electron chi connectivity index (χ4n) is 6.70. The Hall–Kier alpha value is -2.56. The summed E-state index contributed by atoms with van der Waals surface area (Å²) in [4.78, 5) is 45.2. The summed E-state index contributed by atoms with van der Waals surface area (Å²) in [5.74, 6) is -1.47. The van der Waals surface area contributed by atoms with Gasteiger partial charge in [-0.3, -0.25) is 24.5 Å². The highest BCUT2D eigenvalue weighted by atomic mass is 19.1. The first-order chi connectivity index (χ1) is 20.0. The van der Waals surface area contributed by atoms with Crippen LogP contribution in [0, 0.1) is 23.1 Å². The molecule has 3 aliphatic rings. The van der Waals surface area contributed by atoms with Gasteiger partial charge in [0.05, 0.1) is 24.2 Å². The van der Waals surface area contributed by atoms with Gasteiger partial charge in [-0.2, -0.15) is 0 Å². The molecule has 1 saturated carbocycles. The van der Waals surface area contributed by atoms with Gasteiger partial charge in [-0.1, -0.05) is 46.5 Å². The third kappa shape index (κ3) is 8.74. The Labute approximate surface area is 250 Å². The predicted molar refractivity (Wildman–Crippen MR) is 161 cm³/mol. The van der Waals surface area contributed by atoms with Crippen molar-refractivity contribution in [1.82, 2.24) is 20.2 Å². The number of hydrogen-bond donors (Lipinski definition) is 2.